The molecule has 1 N–H and O–H groups in total. The van der Waals surface area contributed by atoms with Crippen LogP contribution in [0.2, 0.25) is 0 Å². The molecule has 2 rings (SSSR count). The van der Waals surface area contributed by atoms with E-state index in [1.165, 1.54) is 24.8 Å². The molecule has 2 atom stereocenters. The lowest BCUT2D eigenvalue weighted by Gasteiger charge is -2.32. The lowest BCUT2D eigenvalue weighted by molar-refractivity contribution is 0.0999. The van der Waals surface area contributed by atoms with Crippen molar-refractivity contribution in [3.63, 3.8) is 0 Å². The molecule has 1 aliphatic carbocycles. The Morgan fingerprint density at radius 1 is 1.19 bits per heavy atom. The molecule has 2 nitrogen and oxygen atoms in total. The molecule has 0 saturated heterocycles. The highest BCUT2D eigenvalue weighted by atomic mass is 79.9. The zero-order chi connectivity index (χ0) is 15.2. The third kappa shape index (κ3) is 5.30. The van der Waals surface area contributed by atoms with Crippen molar-refractivity contribution >= 4 is 15.9 Å². The maximum Gasteiger partial charge on any atom is 0.124 e. The summed E-state index contributed by atoms with van der Waals surface area (Å²) in [7, 11) is 0. The van der Waals surface area contributed by atoms with Gasteiger partial charge in [0, 0.05) is 16.6 Å². The zero-order valence-corrected chi connectivity index (χ0v) is 15.1. The average Bonchev–Trinajstić information content (AvgIpc) is 2.41. The van der Waals surface area contributed by atoms with E-state index in [-0.39, 0.29) is 0 Å². The molecular weight excluding hydrogens is 326 g/mol. The third-order valence-corrected chi connectivity index (χ3v) is 4.69. The third-order valence-electron chi connectivity index (χ3n) is 4.19. The number of rotatable bonds is 6. The molecule has 1 aromatic rings. The summed E-state index contributed by atoms with van der Waals surface area (Å²) >= 11 is 3.57. The molecule has 0 aromatic heterocycles. The lowest BCUT2D eigenvalue weighted by atomic mass is 9.82. The highest BCUT2D eigenvalue weighted by Gasteiger charge is 2.25. The summed E-state index contributed by atoms with van der Waals surface area (Å²) in [4.78, 5) is 0. The van der Waals surface area contributed by atoms with Gasteiger partial charge in [-0.2, -0.15) is 0 Å². The second kappa shape index (κ2) is 8.19. The second-order valence-electron chi connectivity index (χ2n) is 6.59. The normalized spacial score (nSPS) is 25.8. The fraction of sp³-hybridized carbons (Fsp3) is 0.667. The molecule has 0 heterocycles. The van der Waals surface area contributed by atoms with Crippen LogP contribution >= 0.6 is 15.9 Å². The molecular formula is C18H28BrNO. The monoisotopic (exact) mass is 353 g/mol. The summed E-state index contributed by atoms with van der Waals surface area (Å²) in [5.41, 5.74) is 1.25. The summed E-state index contributed by atoms with van der Waals surface area (Å²) in [6.45, 7) is 8.80. The summed E-state index contributed by atoms with van der Waals surface area (Å²) < 4.78 is 7.47. The Hall–Kier alpha value is -0.540. The van der Waals surface area contributed by atoms with E-state index in [9.17, 15) is 0 Å². The van der Waals surface area contributed by atoms with Gasteiger partial charge in [-0.3, -0.25) is 0 Å². The topological polar surface area (TPSA) is 21.3 Å². The number of hydrogen-bond donors (Lipinski definition) is 1. The summed E-state index contributed by atoms with van der Waals surface area (Å²) in [5.74, 6) is 2.60. The maximum absolute atomic E-state index is 6.35. The van der Waals surface area contributed by atoms with Crippen molar-refractivity contribution in [1.29, 1.82) is 0 Å². The van der Waals surface area contributed by atoms with Gasteiger partial charge in [-0.1, -0.05) is 36.7 Å². The van der Waals surface area contributed by atoms with Crippen LogP contribution in [0.3, 0.4) is 0 Å². The first-order valence-corrected chi connectivity index (χ1v) is 9.03. The standard InChI is InChI=1S/C18H28BrNO/c1-4-7-20-12-15-11-16(19)5-6-18(15)21-17-9-13(2)8-14(3)10-17/h5-6,11,13-14,17,20H,4,7-10,12H2,1-3H3. The van der Waals surface area contributed by atoms with Gasteiger partial charge in [0.05, 0.1) is 6.10 Å². The molecule has 1 saturated carbocycles. The SMILES string of the molecule is CCCNCc1cc(Br)ccc1OC1CC(C)CC(C)C1. The van der Waals surface area contributed by atoms with Crippen LogP contribution < -0.4 is 10.1 Å². The number of ether oxygens (including phenoxy) is 1. The van der Waals surface area contributed by atoms with Gasteiger partial charge < -0.3 is 10.1 Å². The van der Waals surface area contributed by atoms with Crippen molar-refractivity contribution in [3.8, 4) is 5.75 Å². The number of hydrogen-bond acceptors (Lipinski definition) is 2. The van der Waals surface area contributed by atoms with Gasteiger partial charge in [0.2, 0.25) is 0 Å². The predicted molar refractivity (Wildman–Crippen MR) is 92.7 cm³/mol. The van der Waals surface area contributed by atoms with Crippen LogP contribution in [0.4, 0.5) is 0 Å². The maximum atomic E-state index is 6.35. The fourth-order valence-corrected chi connectivity index (χ4v) is 3.76. The molecule has 1 aliphatic rings. The minimum Gasteiger partial charge on any atom is -0.490 e. The van der Waals surface area contributed by atoms with Crippen molar-refractivity contribution in [3.05, 3.63) is 28.2 Å². The van der Waals surface area contributed by atoms with Gasteiger partial charge in [0.1, 0.15) is 5.75 Å². The first-order chi connectivity index (χ1) is 10.1. The zero-order valence-electron chi connectivity index (χ0n) is 13.5. The molecule has 0 aliphatic heterocycles. The van der Waals surface area contributed by atoms with Crippen LogP contribution in [0.25, 0.3) is 0 Å². The number of nitrogens with one attached hydrogen (secondary N) is 1. The predicted octanol–water partition coefficient (Wildman–Crippen LogP) is 5.15. The molecule has 1 fully saturated rings. The first-order valence-electron chi connectivity index (χ1n) is 8.24. The molecule has 0 bridgehead atoms. The Balaban J connectivity index is 2.04. The van der Waals surface area contributed by atoms with Crippen LogP contribution in [0.5, 0.6) is 5.75 Å². The Labute approximate surface area is 137 Å². The van der Waals surface area contributed by atoms with Gasteiger partial charge in [-0.25, -0.2) is 0 Å². The number of halogens is 1. The van der Waals surface area contributed by atoms with Crippen LogP contribution in [0.15, 0.2) is 22.7 Å². The largest absolute Gasteiger partial charge is 0.490 e. The van der Waals surface area contributed by atoms with Gasteiger partial charge in [0.25, 0.3) is 0 Å². The Morgan fingerprint density at radius 2 is 1.90 bits per heavy atom. The van der Waals surface area contributed by atoms with E-state index in [2.05, 4.69) is 60.2 Å². The van der Waals surface area contributed by atoms with Crippen molar-refractivity contribution in [2.75, 3.05) is 6.54 Å². The van der Waals surface area contributed by atoms with Gasteiger partial charge >= 0.3 is 0 Å². The Bertz CT molecular complexity index is 439. The van der Waals surface area contributed by atoms with E-state index >= 15 is 0 Å². The van der Waals surface area contributed by atoms with E-state index in [0.717, 1.165) is 41.6 Å². The van der Waals surface area contributed by atoms with Gasteiger partial charge in [0.15, 0.2) is 0 Å². The van der Waals surface area contributed by atoms with Crippen LogP contribution in [-0.4, -0.2) is 12.6 Å². The molecule has 1 aromatic carbocycles. The van der Waals surface area contributed by atoms with E-state index in [1.54, 1.807) is 0 Å². The number of benzene rings is 1. The van der Waals surface area contributed by atoms with Crippen LogP contribution in [0.1, 0.15) is 52.0 Å². The minimum atomic E-state index is 0.370. The van der Waals surface area contributed by atoms with E-state index in [4.69, 9.17) is 4.74 Å². The summed E-state index contributed by atoms with van der Waals surface area (Å²) in [6.07, 6.45) is 5.23. The quantitative estimate of drug-likeness (QED) is 0.713. The Morgan fingerprint density at radius 3 is 2.57 bits per heavy atom. The highest BCUT2D eigenvalue weighted by Crippen LogP contribution is 2.33. The highest BCUT2D eigenvalue weighted by molar-refractivity contribution is 9.10. The molecule has 21 heavy (non-hydrogen) atoms. The van der Waals surface area contributed by atoms with E-state index in [1.807, 2.05) is 0 Å². The fourth-order valence-electron chi connectivity index (χ4n) is 3.35. The van der Waals surface area contributed by atoms with Crippen molar-refractivity contribution in [2.45, 2.75) is 59.1 Å². The molecule has 3 heteroatoms. The molecule has 0 amide bonds. The molecule has 118 valence electrons. The smallest absolute Gasteiger partial charge is 0.124 e. The summed E-state index contributed by atoms with van der Waals surface area (Å²) in [5, 5.41) is 3.47. The van der Waals surface area contributed by atoms with Crippen LogP contribution in [0, 0.1) is 11.8 Å². The first kappa shape index (κ1) is 16.8. The second-order valence-corrected chi connectivity index (χ2v) is 7.50. The van der Waals surface area contributed by atoms with Gasteiger partial charge in [-0.05, 0) is 62.3 Å². The average molecular weight is 354 g/mol. The molecule has 0 spiro atoms. The van der Waals surface area contributed by atoms with Gasteiger partial charge in [-0.15, -0.1) is 0 Å². The Kier molecular flexibility index (Phi) is 6.56. The minimum absolute atomic E-state index is 0.370. The molecule has 0 radical (unpaired) electrons. The van der Waals surface area contributed by atoms with Crippen molar-refractivity contribution in [1.82, 2.24) is 5.32 Å². The lowest BCUT2D eigenvalue weighted by Crippen LogP contribution is -2.29. The van der Waals surface area contributed by atoms with Crippen molar-refractivity contribution in [2.24, 2.45) is 11.8 Å². The van der Waals surface area contributed by atoms with Crippen molar-refractivity contribution < 1.29 is 4.74 Å². The van der Waals surface area contributed by atoms with E-state index < -0.39 is 0 Å². The van der Waals surface area contributed by atoms with Crippen LogP contribution in [-0.2, 0) is 6.54 Å². The molecule has 2 unspecified atom stereocenters. The summed E-state index contributed by atoms with van der Waals surface area (Å²) in [6, 6.07) is 6.36. The van der Waals surface area contributed by atoms with E-state index in [0.29, 0.717) is 6.10 Å².